The van der Waals surface area contributed by atoms with Crippen LogP contribution in [0.25, 0.3) is 0 Å². The minimum absolute atomic E-state index is 0.400. The zero-order valence-electron chi connectivity index (χ0n) is 15.0. The van der Waals surface area contributed by atoms with E-state index in [1.807, 2.05) is 6.07 Å². The Morgan fingerprint density at radius 1 is 1.08 bits per heavy atom. The van der Waals surface area contributed by atoms with Crippen molar-refractivity contribution in [2.24, 2.45) is 0 Å². The van der Waals surface area contributed by atoms with Gasteiger partial charge in [0.1, 0.15) is 11.6 Å². The molecule has 6 heteroatoms. The molecule has 0 spiro atoms. The third-order valence-electron chi connectivity index (χ3n) is 4.14. The fourth-order valence-corrected chi connectivity index (χ4v) is 3.04. The van der Waals surface area contributed by atoms with Crippen molar-refractivity contribution < 1.29 is 19.4 Å². The van der Waals surface area contributed by atoms with E-state index in [9.17, 15) is 14.7 Å². The summed E-state index contributed by atoms with van der Waals surface area (Å²) in [5, 5.41) is 12.5. The Labute approximate surface area is 152 Å². The summed E-state index contributed by atoms with van der Waals surface area (Å²) in [7, 11) is 0. The lowest BCUT2D eigenvalue weighted by Gasteiger charge is -2.32. The van der Waals surface area contributed by atoms with Gasteiger partial charge in [0.05, 0.1) is 0 Å². The lowest BCUT2D eigenvalue weighted by molar-refractivity contribution is -0.137. The summed E-state index contributed by atoms with van der Waals surface area (Å²) in [5.74, 6) is -0.677. The van der Waals surface area contributed by atoms with Gasteiger partial charge < -0.3 is 9.84 Å². The van der Waals surface area contributed by atoms with E-state index in [0.717, 1.165) is 5.01 Å². The molecule has 2 aromatic rings. The Bertz CT molecular complexity index is 802. The highest BCUT2D eigenvalue weighted by atomic mass is 16.6. The quantitative estimate of drug-likeness (QED) is 0.869. The molecule has 1 saturated heterocycles. The van der Waals surface area contributed by atoms with Gasteiger partial charge in [-0.05, 0) is 31.9 Å². The number of hydrogen-bond acceptors (Lipinski definition) is 4. The Kier molecular flexibility index (Phi) is 4.46. The van der Waals surface area contributed by atoms with Crippen LogP contribution in [0.15, 0.2) is 60.7 Å². The van der Waals surface area contributed by atoms with Crippen LogP contribution in [0.3, 0.4) is 0 Å². The van der Waals surface area contributed by atoms with Gasteiger partial charge in [-0.3, -0.25) is 10.2 Å². The second-order valence-corrected chi connectivity index (χ2v) is 7.24. The number of aliphatic hydroxyl groups is 1. The molecule has 2 aromatic carbocycles. The molecule has 1 aliphatic heterocycles. The average Bonchev–Trinajstić information content (AvgIpc) is 2.88. The van der Waals surface area contributed by atoms with E-state index in [1.165, 1.54) is 0 Å². The molecule has 0 aromatic heterocycles. The van der Waals surface area contributed by atoms with E-state index in [1.54, 1.807) is 75.4 Å². The fraction of sp³-hybridized carbons (Fsp3) is 0.300. The number of benzene rings is 2. The minimum atomic E-state index is -1.93. The molecule has 0 bridgehead atoms. The average molecular weight is 354 g/mol. The number of hydrogen-bond donors (Lipinski definition) is 2. The predicted molar refractivity (Wildman–Crippen MR) is 95.7 cm³/mol. The van der Waals surface area contributed by atoms with Gasteiger partial charge in [-0.2, -0.15) is 0 Å². The van der Waals surface area contributed by atoms with Crippen LogP contribution in [0, 0.1) is 0 Å². The van der Waals surface area contributed by atoms with Gasteiger partial charge in [-0.25, -0.2) is 9.80 Å². The topological polar surface area (TPSA) is 78.9 Å². The van der Waals surface area contributed by atoms with Crippen LogP contribution in [-0.2, 0) is 15.1 Å². The molecule has 6 nitrogen and oxygen atoms in total. The summed E-state index contributed by atoms with van der Waals surface area (Å²) in [6, 6.07) is 16.5. The smallest absolute Gasteiger partial charge is 0.429 e. The number of amides is 2. The van der Waals surface area contributed by atoms with Crippen molar-refractivity contribution >= 4 is 12.0 Å². The van der Waals surface area contributed by atoms with Crippen LogP contribution in [0.5, 0.6) is 0 Å². The van der Waals surface area contributed by atoms with Gasteiger partial charge in [0.2, 0.25) is 0 Å². The van der Waals surface area contributed by atoms with E-state index in [-0.39, 0.29) is 0 Å². The van der Waals surface area contributed by atoms with Crippen LogP contribution in [0.2, 0.25) is 0 Å². The maximum absolute atomic E-state index is 12.8. The van der Waals surface area contributed by atoms with Crippen LogP contribution < -0.4 is 5.43 Å². The summed E-state index contributed by atoms with van der Waals surface area (Å²) >= 11 is 0. The van der Waals surface area contributed by atoms with Gasteiger partial charge in [0, 0.05) is 0 Å². The zero-order chi connectivity index (χ0) is 18.9. The summed E-state index contributed by atoms with van der Waals surface area (Å²) in [6.45, 7) is 5.22. The van der Waals surface area contributed by atoms with E-state index >= 15 is 0 Å². The first-order chi connectivity index (χ1) is 12.2. The van der Waals surface area contributed by atoms with Crippen LogP contribution in [-0.4, -0.2) is 27.7 Å². The molecule has 3 rings (SSSR count). The number of nitrogens with zero attached hydrogens (tertiary/aromatic N) is 1. The van der Waals surface area contributed by atoms with Crippen LogP contribution >= 0.6 is 0 Å². The summed E-state index contributed by atoms with van der Waals surface area (Å²) in [5.41, 5.74) is 0.827. The highest BCUT2D eigenvalue weighted by Gasteiger charge is 2.57. The first-order valence-corrected chi connectivity index (χ1v) is 8.39. The molecule has 26 heavy (non-hydrogen) atoms. The molecule has 2 atom stereocenters. The predicted octanol–water partition coefficient (Wildman–Crippen LogP) is 2.90. The van der Waals surface area contributed by atoms with Gasteiger partial charge >= 0.3 is 6.09 Å². The lowest BCUT2D eigenvalue weighted by Crippen LogP contribution is -2.43. The van der Waals surface area contributed by atoms with Crippen molar-refractivity contribution in [1.29, 1.82) is 0 Å². The van der Waals surface area contributed by atoms with Gasteiger partial charge in [0.25, 0.3) is 5.91 Å². The van der Waals surface area contributed by atoms with Gasteiger partial charge in [-0.1, -0.05) is 60.7 Å². The monoisotopic (exact) mass is 354 g/mol. The fourth-order valence-electron chi connectivity index (χ4n) is 3.04. The Hall–Kier alpha value is -2.86. The summed E-state index contributed by atoms with van der Waals surface area (Å²) < 4.78 is 5.41. The molecule has 136 valence electrons. The number of carbonyl (C=O) groups excluding carboxylic acids is 2. The molecular weight excluding hydrogens is 332 g/mol. The van der Waals surface area contributed by atoms with E-state index in [0.29, 0.717) is 11.1 Å². The normalized spacial score (nSPS) is 22.8. The van der Waals surface area contributed by atoms with Crippen molar-refractivity contribution in [3.05, 3.63) is 71.8 Å². The van der Waals surface area contributed by atoms with Gasteiger partial charge in [0.15, 0.2) is 5.60 Å². The van der Waals surface area contributed by atoms with E-state index < -0.39 is 29.2 Å². The largest absolute Gasteiger partial charge is 0.442 e. The van der Waals surface area contributed by atoms with Crippen molar-refractivity contribution in [3.8, 4) is 0 Å². The van der Waals surface area contributed by atoms with Crippen molar-refractivity contribution in [2.75, 3.05) is 0 Å². The highest BCUT2D eigenvalue weighted by Crippen LogP contribution is 2.43. The second-order valence-electron chi connectivity index (χ2n) is 7.24. The first-order valence-electron chi connectivity index (χ1n) is 8.39. The molecule has 1 heterocycles. The number of hydrazine groups is 1. The molecule has 1 fully saturated rings. The van der Waals surface area contributed by atoms with E-state index in [2.05, 4.69) is 5.43 Å². The third-order valence-corrected chi connectivity index (χ3v) is 4.14. The summed E-state index contributed by atoms with van der Waals surface area (Å²) in [4.78, 5) is 25.4. The highest BCUT2D eigenvalue weighted by molar-refractivity contribution is 5.92. The molecule has 1 aliphatic rings. The lowest BCUT2D eigenvalue weighted by atomic mass is 9.83. The van der Waals surface area contributed by atoms with Crippen LogP contribution in [0.1, 0.15) is 37.9 Å². The van der Waals surface area contributed by atoms with Gasteiger partial charge in [-0.15, -0.1) is 0 Å². The molecule has 0 saturated carbocycles. The number of carbonyl (C=O) groups is 2. The molecular formula is C20H22N2O4. The second kappa shape index (κ2) is 6.46. The molecule has 2 unspecified atom stereocenters. The third kappa shape index (κ3) is 3.15. The Morgan fingerprint density at radius 3 is 2.15 bits per heavy atom. The maximum Gasteiger partial charge on any atom is 0.429 e. The van der Waals surface area contributed by atoms with Crippen molar-refractivity contribution in [1.82, 2.24) is 10.4 Å². The standard InChI is InChI=1S/C20H22N2O4/c1-19(2,3)26-18(24)22-16(14-10-6-4-7-11-14)20(25,17(23)21-22)15-12-8-5-9-13-15/h4-13,16,25H,1-3H3,(H,21,23). The Balaban J connectivity index is 2.10. The van der Waals surface area contributed by atoms with Crippen molar-refractivity contribution in [2.45, 2.75) is 38.0 Å². The molecule has 0 radical (unpaired) electrons. The Morgan fingerprint density at radius 2 is 1.62 bits per heavy atom. The van der Waals surface area contributed by atoms with Crippen LogP contribution in [0.4, 0.5) is 4.79 Å². The maximum atomic E-state index is 12.8. The number of rotatable bonds is 2. The molecule has 2 N–H and O–H groups in total. The van der Waals surface area contributed by atoms with E-state index in [4.69, 9.17) is 4.74 Å². The molecule has 0 aliphatic carbocycles. The number of nitrogens with one attached hydrogen (secondary N) is 1. The SMILES string of the molecule is CC(C)(C)OC(=O)N1NC(=O)C(O)(c2ccccc2)C1c1ccccc1. The summed E-state index contributed by atoms with van der Waals surface area (Å²) in [6.07, 6.45) is -0.730. The van der Waals surface area contributed by atoms with Crippen molar-refractivity contribution in [3.63, 3.8) is 0 Å². The molecule has 2 amide bonds. The number of ether oxygens (including phenoxy) is 1. The zero-order valence-corrected chi connectivity index (χ0v) is 15.0. The minimum Gasteiger partial charge on any atom is -0.442 e. The first kappa shape index (κ1) is 17.9.